The maximum absolute atomic E-state index is 12.6. The van der Waals surface area contributed by atoms with Gasteiger partial charge in [0.25, 0.3) is 5.91 Å². The molecule has 3 rings (SSSR count). The summed E-state index contributed by atoms with van der Waals surface area (Å²) >= 11 is 1.27. The third kappa shape index (κ3) is 3.78. The summed E-state index contributed by atoms with van der Waals surface area (Å²) in [6, 6.07) is 11.7. The van der Waals surface area contributed by atoms with Crippen LogP contribution in [-0.2, 0) is 4.79 Å². The zero-order chi connectivity index (χ0) is 19.6. The average Bonchev–Trinajstić information content (AvgIpc) is 2.99. The molecule has 3 aromatic rings. The standard InChI is InChI=1S/C20H20N2O4S/c1-4-15(19(24)25)22-16-10-9-14(26-3)11-17(16)27-20(22)21-18(23)13-7-5-12(2)6-8-13/h5-11,15H,4H2,1-3H3,(H,24,25)/b21-20-. The van der Waals surface area contributed by atoms with Gasteiger partial charge in [0.05, 0.1) is 17.3 Å². The van der Waals surface area contributed by atoms with Crippen molar-refractivity contribution in [2.24, 2.45) is 4.99 Å². The number of carboxylic acids is 1. The van der Waals surface area contributed by atoms with E-state index in [1.54, 1.807) is 42.9 Å². The van der Waals surface area contributed by atoms with Crippen LogP contribution in [0.4, 0.5) is 0 Å². The summed E-state index contributed by atoms with van der Waals surface area (Å²) in [6.45, 7) is 3.74. The number of amides is 1. The van der Waals surface area contributed by atoms with Crippen molar-refractivity contribution in [3.63, 3.8) is 0 Å². The van der Waals surface area contributed by atoms with Crippen molar-refractivity contribution in [3.8, 4) is 5.75 Å². The fourth-order valence-corrected chi connectivity index (χ4v) is 3.94. The number of carbonyl (C=O) groups excluding carboxylic acids is 1. The van der Waals surface area contributed by atoms with Crippen LogP contribution in [0.25, 0.3) is 10.2 Å². The number of aromatic nitrogens is 1. The Balaban J connectivity index is 2.22. The lowest BCUT2D eigenvalue weighted by Crippen LogP contribution is -2.27. The van der Waals surface area contributed by atoms with Crippen molar-refractivity contribution < 1.29 is 19.4 Å². The normalized spacial score (nSPS) is 12.9. The first-order valence-corrected chi connectivity index (χ1v) is 9.34. The monoisotopic (exact) mass is 384 g/mol. The maximum atomic E-state index is 12.6. The first kappa shape index (κ1) is 18.8. The number of carbonyl (C=O) groups is 2. The van der Waals surface area contributed by atoms with Gasteiger partial charge in [-0.05, 0) is 43.7 Å². The van der Waals surface area contributed by atoms with Gasteiger partial charge in [0.1, 0.15) is 11.8 Å². The zero-order valence-electron chi connectivity index (χ0n) is 15.3. The Labute approximate surface area is 160 Å². The molecule has 0 saturated heterocycles. The van der Waals surface area contributed by atoms with Crippen molar-refractivity contribution in [3.05, 3.63) is 58.4 Å². The summed E-state index contributed by atoms with van der Waals surface area (Å²) in [7, 11) is 1.57. The number of hydrogen-bond acceptors (Lipinski definition) is 4. The molecule has 1 unspecified atom stereocenters. The number of rotatable bonds is 5. The third-order valence-corrected chi connectivity index (χ3v) is 5.33. The van der Waals surface area contributed by atoms with Gasteiger partial charge in [-0.1, -0.05) is 36.0 Å². The summed E-state index contributed by atoms with van der Waals surface area (Å²) in [4.78, 5) is 29.0. The highest BCUT2D eigenvalue weighted by Crippen LogP contribution is 2.26. The molecule has 7 heteroatoms. The van der Waals surface area contributed by atoms with Crippen molar-refractivity contribution in [1.82, 2.24) is 4.57 Å². The van der Waals surface area contributed by atoms with Crippen LogP contribution in [0.1, 0.15) is 35.3 Å². The predicted octanol–water partition coefficient (Wildman–Crippen LogP) is 3.80. The van der Waals surface area contributed by atoms with Crippen LogP contribution in [-0.4, -0.2) is 28.7 Å². The topological polar surface area (TPSA) is 80.9 Å². The second-order valence-electron chi connectivity index (χ2n) is 6.13. The fourth-order valence-electron chi connectivity index (χ4n) is 2.85. The maximum Gasteiger partial charge on any atom is 0.326 e. The number of aliphatic carboxylic acids is 1. The van der Waals surface area contributed by atoms with Crippen LogP contribution in [0, 0.1) is 6.92 Å². The van der Waals surface area contributed by atoms with E-state index in [0.717, 1.165) is 10.3 Å². The fraction of sp³-hybridized carbons (Fsp3) is 0.250. The Morgan fingerprint density at radius 1 is 1.22 bits per heavy atom. The van der Waals surface area contributed by atoms with Gasteiger partial charge in [-0.25, -0.2) is 4.79 Å². The summed E-state index contributed by atoms with van der Waals surface area (Å²) in [5, 5.41) is 9.64. The Kier molecular flexibility index (Phi) is 5.41. The summed E-state index contributed by atoms with van der Waals surface area (Å²) < 4.78 is 7.68. The van der Waals surface area contributed by atoms with E-state index >= 15 is 0 Å². The van der Waals surface area contributed by atoms with Gasteiger partial charge in [-0.2, -0.15) is 4.99 Å². The Bertz CT molecular complexity index is 1060. The summed E-state index contributed by atoms with van der Waals surface area (Å²) in [6.07, 6.45) is 0.374. The second kappa shape index (κ2) is 7.75. The zero-order valence-corrected chi connectivity index (χ0v) is 16.1. The number of aryl methyl sites for hydroxylation is 1. The molecule has 1 N–H and O–H groups in total. The predicted molar refractivity (Wildman–Crippen MR) is 104 cm³/mol. The molecule has 0 aliphatic heterocycles. The molecule has 27 heavy (non-hydrogen) atoms. The van der Waals surface area contributed by atoms with Gasteiger partial charge >= 0.3 is 5.97 Å². The average molecular weight is 384 g/mol. The molecule has 1 heterocycles. The largest absolute Gasteiger partial charge is 0.497 e. The number of ether oxygens (including phenoxy) is 1. The molecule has 140 valence electrons. The van der Waals surface area contributed by atoms with E-state index in [2.05, 4.69) is 4.99 Å². The van der Waals surface area contributed by atoms with Gasteiger partial charge in [-0.3, -0.25) is 4.79 Å². The number of carboxylic acid groups (broad SMARTS) is 1. The Morgan fingerprint density at radius 2 is 1.93 bits per heavy atom. The van der Waals surface area contributed by atoms with Gasteiger partial charge < -0.3 is 14.4 Å². The quantitative estimate of drug-likeness (QED) is 0.726. The lowest BCUT2D eigenvalue weighted by molar-refractivity contribution is -0.140. The van der Waals surface area contributed by atoms with Crippen LogP contribution in [0.15, 0.2) is 47.5 Å². The van der Waals surface area contributed by atoms with E-state index in [1.807, 2.05) is 25.1 Å². The molecule has 0 aliphatic rings. The lowest BCUT2D eigenvalue weighted by Gasteiger charge is -2.13. The van der Waals surface area contributed by atoms with E-state index in [4.69, 9.17) is 4.74 Å². The van der Waals surface area contributed by atoms with E-state index in [-0.39, 0.29) is 0 Å². The molecule has 2 aromatic carbocycles. The van der Waals surface area contributed by atoms with E-state index < -0.39 is 17.9 Å². The van der Waals surface area contributed by atoms with E-state index in [0.29, 0.717) is 28.1 Å². The minimum Gasteiger partial charge on any atom is -0.497 e. The third-order valence-electron chi connectivity index (χ3n) is 4.31. The highest BCUT2D eigenvalue weighted by Gasteiger charge is 2.22. The molecule has 0 fully saturated rings. The molecule has 1 atom stereocenters. The molecule has 0 spiro atoms. The molecule has 0 aliphatic carbocycles. The summed E-state index contributed by atoms with van der Waals surface area (Å²) in [5.74, 6) is -0.699. The smallest absolute Gasteiger partial charge is 0.326 e. The van der Waals surface area contributed by atoms with E-state index in [9.17, 15) is 14.7 Å². The highest BCUT2D eigenvalue weighted by molar-refractivity contribution is 7.16. The van der Waals surface area contributed by atoms with Crippen LogP contribution < -0.4 is 9.54 Å². The lowest BCUT2D eigenvalue weighted by atomic mass is 10.1. The van der Waals surface area contributed by atoms with Crippen LogP contribution in [0.2, 0.25) is 0 Å². The summed E-state index contributed by atoms with van der Waals surface area (Å²) in [5.41, 5.74) is 2.23. The number of nitrogens with zero attached hydrogens (tertiary/aromatic N) is 2. The number of benzene rings is 2. The van der Waals surface area contributed by atoms with Gasteiger partial charge in [0.2, 0.25) is 0 Å². The van der Waals surface area contributed by atoms with Gasteiger partial charge in [0.15, 0.2) is 4.80 Å². The molecule has 0 saturated carbocycles. The van der Waals surface area contributed by atoms with Crippen LogP contribution in [0.5, 0.6) is 5.75 Å². The van der Waals surface area contributed by atoms with Gasteiger partial charge in [-0.15, -0.1) is 0 Å². The number of thiazole rings is 1. The highest BCUT2D eigenvalue weighted by atomic mass is 32.1. The van der Waals surface area contributed by atoms with E-state index in [1.165, 1.54) is 11.3 Å². The Morgan fingerprint density at radius 3 is 2.52 bits per heavy atom. The van der Waals surface area contributed by atoms with Crippen LogP contribution >= 0.6 is 11.3 Å². The number of hydrogen-bond donors (Lipinski definition) is 1. The molecule has 0 radical (unpaired) electrons. The van der Waals surface area contributed by atoms with Gasteiger partial charge in [0, 0.05) is 5.56 Å². The van der Waals surface area contributed by atoms with Crippen molar-refractivity contribution in [1.29, 1.82) is 0 Å². The first-order chi connectivity index (χ1) is 12.9. The minimum absolute atomic E-state index is 0.359. The van der Waals surface area contributed by atoms with Crippen LogP contribution in [0.3, 0.4) is 0 Å². The van der Waals surface area contributed by atoms with Crippen molar-refractivity contribution in [2.75, 3.05) is 7.11 Å². The van der Waals surface area contributed by atoms with Crippen molar-refractivity contribution >= 4 is 33.4 Å². The second-order valence-corrected chi connectivity index (χ2v) is 7.14. The molecule has 6 nitrogen and oxygen atoms in total. The molecule has 1 aromatic heterocycles. The first-order valence-electron chi connectivity index (χ1n) is 8.52. The Hall–Kier alpha value is -2.93. The minimum atomic E-state index is -0.961. The molecular weight excluding hydrogens is 364 g/mol. The molecule has 0 bridgehead atoms. The van der Waals surface area contributed by atoms with Crippen molar-refractivity contribution in [2.45, 2.75) is 26.3 Å². The number of fused-ring (bicyclic) bond motifs is 1. The molecular formula is C20H20N2O4S. The molecule has 1 amide bonds. The SMILES string of the molecule is CCC(C(=O)O)n1/c(=N/C(=O)c2ccc(C)cc2)sc2cc(OC)ccc21. The number of methoxy groups -OCH3 is 1.